The lowest BCUT2D eigenvalue weighted by Crippen LogP contribution is -2.39. The van der Waals surface area contributed by atoms with Crippen molar-refractivity contribution in [1.29, 1.82) is 0 Å². The predicted molar refractivity (Wildman–Crippen MR) is 88.4 cm³/mol. The fraction of sp³-hybridized carbons (Fsp3) is 0.500. The molecule has 2 N–H and O–H groups in total. The monoisotopic (exact) mass is 307 g/mol. The molecule has 1 aromatic carbocycles. The quantitative estimate of drug-likeness (QED) is 0.594. The number of anilines is 1. The Bertz CT molecular complexity index is 536. The van der Waals surface area contributed by atoms with E-state index in [9.17, 15) is 10.1 Å². The van der Waals surface area contributed by atoms with E-state index in [1.54, 1.807) is 0 Å². The first kappa shape index (κ1) is 17.8. The van der Waals surface area contributed by atoms with E-state index in [4.69, 9.17) is 4.74 Å². The van der Waals surface area contributed by atoms with Crippen LogP contribution >= 0.6 is 0 Å². The van der Waals surface area contributed by atoms with Crippen molar-refractivity contribution < 1.29 is 9.66 Å². The average molecular weight is 307 g/mol. The molecule has 0 bridgehead atoms. The molecular formula is C16H25N3O3. The molecule has 6 nitrogen and oxygen atoms in total. The molecule has 1 unspecified atom stereocenters. The van der Waals surface area contributed by atoms with Crippen LogP contribution in [0.25, 0.3) is 0 Å². The SMILES string of the molecule is CCOc1ccccc1N/C(=C\[N+](=O)[O-])NC(C)C(C)(C)C. The zero-order valence-electron chi connectivity index (χ0n) is 13.8. The summed E-state index contributed by atoms with van der Waals surface area (Å²) in [7, 11) is 0. The maximum atomic E-state index is 10.9. The first-order valence-corrected chi connectivity index (χ1v) is 7.34. The molecule has 1 aromatic rings. The summed E-state index contributed by atoms with van der Waals surface area (Å²) >= 11 is 0. The van der Waals surface area contributed by atoms with Gasteiger partial charge in [-0.3, -0.25) is 10.1 Å². The van der Waals surface area contributed by atoms with E-state index in [0.717, 1.165) is 6.20 Å². The summed E-state index contributed by atoms with van der Waals surface area (Å²) in [4.78, 5) is 10.4. The molecule has 0 aliphatic heterocycles. The molecule has 0 radical (unpaired) electrons. The maximum absolute atomic E-state index is 10.9. The molecule has 122 valence electrons. The third-order valence-electron chi connectivity index (χ3n) is 3.36. The van der Waals surface area contributed by atoms with Crippen molar-refractivity contribution in [3.63, 3.8) is 0 Å². The zero-order chi connectivity index (χ0) is 16.8. The van der Waals surface area contributed by atoms with Crippen LogP contribution in [-0.4, -0.2) is 17.6 Å². The van der Waals surface area contributed by atoms with E-state index >= 15 is 0 Å². The summed E-state index contributed by atoms with van der Waals surface area (Å²) in [5.74, 6) is 0.990. The zero-order valence-corrected chi connectivity index (χ0v) is 13.8. The van der Waals surface area contributed by atoms with E-state index in [2.05, 4.69) is 31.4 Å². The molecule has 0 aliphatic carbocycles. The van der Waals surface area contributed by atoms with Gasteiger partial charge in [0.2, 0.25) is 0 Å². The number of nitrogens with one attached hydrogen (secondary N) is 2. The molecule has 0 fully saturated rings. The van der Waals surface area contributed by atoms with Crippen molar-refractivity contribution in [2.24, 2.45) is 5.41 Å². The number of nitrogens with zero attached hydrogens (tertiary/aromatic N) is 1. The Labute approximate surface area is 131 Å². The molecule has 0 saturated carbocycles. The molecule has 0 saturated heterocycles. The Morgan fingerprint density at radius 2 is 2.05 bits per heavy atom. The second kappa shape index (κ2) is 7.68. The van der Waals surface area contributed by atoms with Crippen LogP contribution in [0.3, 0.4) is 0 Å². The summed E-state index contributed by atoms with van der Waals surface area (Å²) in [6.07, 6.45) is 0.935. The van der Waals surface area contributed by atoms with Gasteiger partial charge < -0.3 is 15.4 Å². The molecule has 1 rings (SSSR count). The summed E-state index contributed by atoms with van der Waals surface area (Å²) < 4.78 is 5.53. The normalized spacial score (nSPS) is 13.4. The third kappa shape index (κ3) is 5.63. The molecule has 22 heavy (non-hydrogen) atoms. The molecule has 0 aliphatic rings. The summed E-state index contributed by atoms with van der Waals surface area (Å²) in [5.41, 5.74) is 0.655. The third-order valence-corrected chi connectivity index (χ3v) is 3.36. The fourth-order valence-electron chi connectivity index (χ4n) is 1.66. The van der Waals surface area contributed by atoms with Gasteiger partial charge in [0, 0.05) is 6.04 Å². The van der Waals surface area contributed by atoms with E-state index in [1.165, 1.54) is 0 Å². The summed E-state index contributed by atoms with van der Waals surface area (Å²) in [6.45, 7) is 10.6. The van der Waals surface area contributed by atoms with Gasteiger partial charge in [0.15, 0.2) is 5.82 Å². The highest BCUT2D eigenvalue weighted by Crippen LogP contribution is 2.26. The lowest BCUT2D eigenvalue weighted by atomic mass is 9.88. The van der Waals surface area contributed by atoms with Crippen LogP contribution in [0.5, 0.6) is 5.75 Å². The highest BCUT2D eigenvalue weighted by molar-refractivity contribution is 5.59. The van der Waals surface area contributed by atoms with E-state index < -0.39 is 4.92 Å². The average Bonchev–Trinajstić information content (AvgIpc) is 2.39. The molecular weight excluding hydrogens is 282 g/mol. The number of ether oxygens (including phenoxy) is 1. The molecule has 0 heterocycles. The van der Waals surface area contributed by atoms with Gasteiger partial charge in [0.1, 0.15) is 5.75 Å². The fourth-order valence-corrected chi connectivity index (χ4v) is 1.66. The number of rotatable bonds is 7. The van der Waals surface area contributed by atoms with Crippen LogP contribution in [0.2, 0.25) is 0 Å². The Morgan fingerprint density at radius 3 is 2.59 bits per heavy atom. The van der Waals surface area contributed by atoms with Crippen LogP contribution in [0.1, 0.15) is 34.6 Å². The lowest BCUT2D eigenvalue weighted by Gasteiger charge is -2.29. The first-order chi connectivity index (χ1) is 10.2. The minimum atomic E-state index is -0.478. The number of para-hydroxylation sites is 2. The van der Waals surface area contributed by atoms with Gasteiger partial charge in [0.25, 0.3) is 6.20 Å². The van der Waals surface area contributed by atoms with Crippen LogP contribution in [0.4, 0.5) is 5.69 Å². The van der Waals surface area contributed by atoms with Crippen molar-refractivity contribution in [2.75, 3.05) is 11.9 Å². The lowest BCUT2D eigenvalue weighted by molar-refractivity contribution is -0.403. The van der Waals surface area contributed by atoms with Gasteiger partial charge in [-0.05, 0) is 31.4 Å². The van der Waals surface area contributed by atoms with Crippen molar-refractivity contribution in [3.05, 3.63) is 46.4 Å². The van der Waals surface area contributed by atoms with Crippen molar-refractivity contribution >= 4 is 5.69 Å². The second-order valence-corrected chi connectivity index (χ2v) is 6.11. The van der Waals surface area contributed by atoms with Crippen molar-refractivity contribution in [2.45, 2.75) is 40.7 Å². The topological polar surface area (TPSA) is 76.4 Å². The molecule has 0 amide bonds. The van der Waals surface area contributed by atoms with Gasteiger partial charge in [-0.25, -0.2) is 0 Å². The molecule has 0 aromatic heterocycles. The number of benzene rings is 1. The van der Waals surface area contributed by atoms with Gasteiger partial charge in [-0.2, -0.15) is 0 Å². The standard InChI is InChI=1S/C16H25N3O3/c1-6-22-14-10-8-7-9-13(14)18-15(11-19(20)21)17-12(2)16(3,4)5/h7-12,17-18H,6H2,1-5H3/b15-11-. The van der Waals surface area contributed by atoms with Crippen LogP contribution in [0.15, 0.2) is 36.3 Å². The first-order valence-electron chi connectivity index (χ1n) is 7.34. The number of nitro groups is 1. The van der Waals surface area contributed by atoms with E-state index in [-0.39, 0.29) is 11.5 Å². The molecule has 0 spiro atoms. The molecule has 1 atom stereocenters. The minimum absolute atomic E-state index is 0.0309. The number of hydrogen-bond acceptors (Lipinski definition) is 5. The van der Waals surface area contributed by atoms with Gasteiger partial charge in [-0.15, -0.1) is 0 Å². The summed E-state index contributed by atoms with van der Waals surface area (Å²) in [6, 6.07) is 7.40. The Morgan fingerprint density at radius 1 is 1.41 bits per heavy atom. The van der Waals surface area contributed by atoms with Crippen LogP contribution < -0.4 is 15.4 Å². The largest absolute Gasteiger partial charge is 0.492 e. The van der Waals surface area contributed by atoms with Crippen molar-refractivity contribution in [3.8, 4) is 5.75 Å². The summed E-state index contributed by atoms with van der Waals surface area (Å²) in [5, 5.41) is 17.1. The van der Waals surface area contributed by atoms with Crippen LogP contribution in [0, 0.1) is 15.5 Å². The maximum Gasteiger partial charge on any atom is 0.274 e. The van der Waals surface area contributed by atoms with Gasteiger partial charge >= 0.3 is 0 Å². The molecule has 6 heteroatoms. The Balaban J connectivity index is 2.98. The van der Waals surface area contributed by atoms with Gasteiger partial charge in [-0.1, -0.05) is 32.9 Å². The van der Waals surface area contributed by atoms with Crippen LogP contribution in [-0.2, 0) is 0 Å². The predicted octanol–water partition coefficient (Wildman–Crippen LogP) is 3.60. The second-order valence-electron chi connectivity index (χ2n) is 6.11. The smallest absolute Gasteiger partial charge is 0.274 e. The number of hydrogen-bond donors (Lipinski definition) is 2. The Hall–Kier alpha value is -2.24. The Kier molecular flexibility index (Phi) is 6.22. The van der Waals surface area contributed by atoms with Gasteiger partial charge in [0.05, 0.1) is 17.2 Å². The highest BCUT2D eigenvalue weighted by Gasteiger charge is 2.21. The minimum Gasteiger partial charge on any atom is -0.492 e. The van der Waals surface area contributed by atoms with E-state index in [0.29, 0.717) is 23.9 Å². The highest BCUT2D eigenvalue weighted by atomic mass is 16.6. The van der Waals surface area contributed by atoms with E-state index in [1.807, 2.05) is 38.1 Å². The van der Waals surface area contributed by atoms with Crippen molar-refractivity contribution in [1.82, 2.24) is 5.32 Å².